The number of primary amides is 1. The zero-order chi connectivity index (χ0) is 14.1. The standard InChI is InChI=1S/C12H15NO4S/c1-8-4-6-10(7-5-8)12(3,18(15,16)17)9(2)11(13)14/h4-7H,2H2,1,3H3,(H2,13,14)(H,15,16,17). The Hall–Kier alpha value is -1.66. The highest BCUT2D eigenvalue weighted by molar-refractivity contribution is 7.87. The van der Waals surface area contributed by atoms with E-state index in [-0.39, 0.29) is 11.1 Å². The third-order valence-electron chi connectivity index (χ3n) is 2.99. The summed E-state index contributed by atoms with van der Waals surface area (Å²) in [7, 11) is -4.57. The van der Waals surface area contributed by atoms with Gasteiger partial charge in [0, 0.05) is 5.57 Å². The van der Waals surface area contributed by atoms with E-state index >= 15 is 0 Å². The molecule has 0 saturated carbocycles. The average molecular weight is 269 g/mol. The fraction of sp³-hybridized carbons (Fsp3) is 0.250. The van der Waals surface area contributed by atoms with Crippen LogP contribution in [0.3, 0.4) is 0 Å². The summed E-state index contributed by atoms with van der Waals surface area (Å²) in [5.74, 6) is -0.976. The van der Waals surface area contributed by atoms with Crippen LogP contribution in [0.25, 0.3) is 0 Å². The number of benzene rings is 1. The van der Waals surface area contributed by atoms with Crippen LogP contribution in [0, 0.1) is 6.92 Å². The molecule has 0 aliphatic carbocycles. The van der Waals surface area contributed by atoms with E-state index in [0.717, 1.165) is 5.56 Å². The first-order valence-electron chi connectivity index (χ1n) is 5.14. The van der Waals surface area contributed by atoms with Gasteiger partial charge in [0.2, 0.25) is 5.91 Å². The highest BCUT2D eigenvalue weighted by Gasteiger charge is 2.44. The van der Waals surface area contributed by atoms with Gasteiger partial charge in [0.1, 0.15) is 4.75 Å². The molecule has 1 amide bonds. The lowest BCUT2D eigenvalue weighted by Gasteiger charge is -2.27. The maximum absolute atomic E-state index is 11.6. The predicted octanol–water partition coefficient (Wildman–Crippen LogP) is 1.14. The smallest absolute Gasteiger partial charge is 0.279 e. The van der Waals surface area contributed by atoms with Gasteiger partial charge in [-0.3, -0.25) is 9.35 Å². The third kappa shape index (κ3) is 2.30. The molecular formula is C12H15NO4S. The number of rotatable bonds is 4. The van der Waals surface area contributed by atoms with E-state index in [2.05, 4.69) is 6.58 Å². The molecule has 1 aromatic rings. The van der Waals surface area contributed by atoms with E-state index < -0.39 is 20.8 Å². The van der Waals surface area contributed by atoms with Gasteiger partial charge < -0.3 is 5.73 Å². The van der Waals surface area contributed by atoms with Gasteiger partial charge in [-0.25, -0.2) is 0 Å². The molecule has 1 unspecified atom stereocenters. The summed E-state index contributed by atoms with van der Waals surface area (Å²) in [4.78, 5) is 11.2. The van der Waals surface area contributed by atoms with Crippen LogP contribution < -0.4 is 5.73 Å². The molecular weight excluding hydrogens is 254 g/mol. The highest BCUT2D eigenvalue weighted by atomic mass is 32.2. The monoisotopic (exact) mass is 269 g/mol. The van der Waals surface area contributed by atoms with Crippen molar-refractivity contribution < 1.29 is 17.8 Å². The molecule has 1 atom stereocenters. The van der Waals surface area contributed by atoms with Crippen molar-refractivity contribution in [1.82, 2.24) is 0 Å². The van der Waals surface area contributed by atoms with Crippen LogP contribution in [0.15, 0.2) is 36.4 Å². The zero-order valence-corrected chi connectivity index (χ0v) is 11.0. The van der Waals surface area contributed by atoms with Crippen molar-refractivity contribution in [1.29, 1.82) is 0 Å². The second-order valence-corrected chi connectivity index (χ2v) is 5.98. The average Bonchev–Trinajstić information content (AvgIpc) is 2.26. The minimum Gasteiger partial charge on any atom is -0.366 e. The molecule has 0 aromatic heterocycles. The van der Waals surface area contributed by atoms with Crippen molar-refractivity contribution in [2.24, 2.45) is 5.73 Å². The molecule has 0 radical (unpaired) electrons. The first kappa shape index (κ1) is 14.4. The Balaban J connectivity index is 3.54. The molecule has 0 aliphatic rings. The van der Waals surface area contributed by atoms with E-state index in [9.17, 15) is 17.8 Å². The Morgan fingerprint density at radius 3 is 2.11 bits per heavy atom. The molecule has 18 heavy (non-hydrogen) atoms. The van der Waals surface area contributed by atoms with Gasteiger partial charge in [-0.2, -0.15) is 8.42 Å². The van der Waals surface area contributed by atoms with Gasteiger partial charge in [-0.05, 0) is 19.4 Å². The van der Waals surface area contributed by atoms with E-state index in [1.807, 2.05) is 6.92 Å². The van der Waals surface area contributed by atoms with Gasteiger partial charge in [0.25, 0.3) is 10.1 Å². The Morgan fingerprint density at radius 2 is 1.78 bits per heavy atom. The van der Waals surface area contributed by atoms with Crippen LogP contribution >= 0.6 is 0 Å². The third-order valence-corrected chi connectivity index (χ3v) is 4.51. The van der Waals surface area contributed by atoms with E-state index in [4.69, 9.17) is 5.73 Å². The molecule has 0 bridgehead atoms. The van der Waals surface area contributed by atoms with Gasteiger partial charge in [0.05, 0.1) is 0 Å². The van der Waals surface area contributed by atoms with Crippen molar-refractivity contribution >= 4 is 16.0 Å². The maximum atomic E-state index is 11.6. The van der Waals surface area contributed by atoms with Crippen molar-refractivity contribution in [3.63, 3.8) is 0 Å². The summed E-state index contributed by atoms with van der Waals surface area (Å²) in [6.45, 7) is 6.40. The van der Waals surface area contributed by atoms with Crippen molar-refractivity contribution in [2.45, 2.75) is 18.6 Å². The van der Waals surface area contributed by atoms with Crippen molar-refractivity contribution in [2.75, 3.05) is 0 Å². The summed E-state index contributed by atoms with van der Waals surface area (Å²) in [5.41, 5.74) is 5.84. The normalized spacial score (nSPS) is 14.8. The molecule has 0 heterocycles. The Bertz CT molecular complexity index is 589. The second-order valence-electron chi connectivity index (χ2n) is 4.22. The molecule has 0 fully saturated rings. The van der Waals surface area contributed by atoms with E-state index in [0.29, 0.717) is 0 Å². The van der Waals surface area contributed by atoms with Crippen LogP contribution in [0.5, 0.6) is 0 Å². The first-order valence-corrected chi connectivity index (χ1v) is 6.58. The minimum atomic E-state index is -4.57. The fourth-order valence-corrected chi connectivity index (χ4v) is 2.43. The summed E-state index contributed by atoms with van der Waals surface area (Å²) < 4.78 is 30.6. The second kappa shape index (κ2) is 4.55. The number of nitrogens with two attached hydrogens (primary N) is 1. The lowest BCUT2D eigenvalue weighted by Crippen LogP contribution is -2.39. The van der Waals surface area contributed by atoms with Crippen LogP contribution in [0.4, 0.5) is 0 Å². The number of hydrogen-bond donors (Lipinski definition) is 2. The number of carbonyl (C=O) groups excluding carboxylic acids is 1. The SMILES string of the molecule is C=C(C(N)=O)C(C)(c1ccc(C)cc1)S(=O)(=O)O. The summed E-state index contributed by atoms with van der Waals surface area (Å²) in [6, 6.07) is 6.37. The van der Waals surface area contributed by atoms with Gasteiger partial charge >= 0.3 is 0 Å². The summed E-state index contributed by atoms with van der Waals surface area (Å²) >= 11 is 0. The van der Waals surface area contributed by atoms with Gasteiger partial charge in [-0.15, -0.1) is 0 Å². The molecule has 6 heteroatoms. The maximum Gasteiger partial charge on any atom is 0.279 e. The molecule has 5 nitrogen and oxygen atoms in total. The first-order chi connectivity index (χ1) is 8.10. The number of aryl methyl sites for hydroxylation is 1. The molecule has 98 valence electrons. The largest absolute Gasteiger partial charge is 0.366 e. The topological polar surface area (TPSA) is 97.5 Å². The Labute approximate surface area is 106 Å². The highest BCUT2D eigenvalue weighted by Crippen LogP contribution is 2.36. The molecule has 0 spiro atoms. The number of amides is 1. The molecule has 3 N–H and O–H groups in total. The quantitative estimate of drug-likeness (QED) is 0.632. The van der Waals surface area contributed by atoms with Crippen LogP contribution in [-0.4, -0.2) is 18.9 Å². The van der Waals surface area contributed by atoms with Crippen molar-refractivity contribution in [3.05, 3.63) is 47.5 Å². The van der Waals surface area contributed by atoms with Gasteiger partial charge in [-0.1, -0.05) is 36.4 Å². The molecule has 0 aliphatic heterocycles. The lowest BCUT2D eigenvalue weighted by molar-refractivity contribution is -0.114. The van der Waals surface area contributed by atoms with Crippen LogP contribution in [0.2, 0.25) is 0 Å². The number of hydrogen-bond acceptors (Lipinski definition) is 3. The van der Waals surface area contributed by atoms with Crippen LogP contribution in [-0.2, 0) is 19.7 Å². The Kier molecular flexibility index (Phi) is 3.64. The van der Waals surface area contributed by atoms with E-state index in [1.165, 1.54) is 19.1 Å². The summed E-state index contributed by atoms with van der Waals surface area (Å²) in [6.07, 6.45) is 0. The summed E-state index contributed by atoms with van der Waals surface area (Å²) in [5, 5.41) is 0. The fourth-order valence-electron chi connectivity index (χ4n) is 1.59. The minimum absolute atomic E-state index is 0.236. The molecule has 0 saturated heterocycles. The van der Waals surface area contributed by atoms with Crippen LogP contribution in [0.1, 0.15) is 18.1 Å². The lowest BCUT2D eigenvalue weighted by atomic mass is 9.92. The molecule has 1 rings (SSSR count). The predicted molar refractivity (Wildman–Crippen MR) is 68.4 cm³/mol. The molecule has 1 aromatic carbocycles. The van der Waals surface area contributed by atoms with Gasteiger partial charge in [0.15, 0.2) is 0 Å². The Morgan fingerprint density at radius 1 is 1.33 bits per heavy atom. The number of carbonyl (C=O) groups is 1. The van der Waals surface area contributed by atoms with E-state index in [1.54, 1.807) is 12.1 Å². The zero-order valence-electron chi connectivity index (χ0n) is 10.2. The van der Waals surface area contributed by atoms with Crippen molar-refractivity contribution in [3.8, 4) is 0 Å².